The molecule has 0 rings (SSSR count). The first kappa shape index (κ1) is 23.0. The molecule has 0 aromatic heterocycles. The predicted molar refractivity (Wildman–Crippen MR) is 87.1 cm³/mol. The Bertz CT molecular complexity index is 239. The van der Waals surface area contributed by atoms with Crippen LogP contribution in [0.2, 0.25) is 0 Å². The number of carboxylic acid groups (broad SMARTS) is 1. The van der Waals surface area contributed by atoms with Gasteiger partial charge in [-0.3, -0.25) is 4.79 Å². The zero-order chi connectivity index (χ0) is 14.9. The molecule has 0 aromatic carbocycles. The maximum Gasteiger partial charge on any atom is 0.303 e. The SMILES string of the molecule is CCCCCCCC/C=C\CCCCCCCC(=O)O.[Co]. The van der Waals surface area contributed by atoms with E-state index in [2.05, 4.69) is 19.1 Å². The van der Waals surface area contributed by atoms with Crippen LogP contribution in [0.25, 0.3) is 0 Å². The number of allylic oxidation sites excluding steroid dienone is 2. The third-order valence-corrected chi connectivity index (χ3v) is 3.65. The van der Waals surface area contributed by atoms with Crippen molar-refractivity contribution in [1.29, 1.82) is 0 Å². The van der Waals surface area contributed by atoms with Crippen LogP contribution in [-0.4, -0.2) is 11.1 Å². The van der Waals surface area contributed by atoms with Gasteiger partial charge in [0.05, 0.1) is 0 Å². The van der Waals surface area contributed by atoms with Crippen molar-refractivity contribution in [3.63, 3.8) is 0 Å². The summed E-state index contributed by atoms with van der Waals surface area (Å²) in [5, 5.41) is 8.51. The Balaban J connectivity index is 0. The number of carbonyl (C=O) groups is 1. The van der Waals surface area contributed by atoms with Crippen molar-refractivity contribution in [1.82, 2.24) is 0 Å². The minimum Gasteiger partial charge on any atom is -0.481 e. The Hall–Kier alpha value is -0.284. The van der Waals surface area contributed by atoms with Crippen LogP contribution in [0.4, 0.5) is 0 Å². The van der Waals surface area contributed by atoms with Gasteiger partial charge < -0.3 is 5.11 Å². The second-order valence-electron chi connectivity index (χ2n) is 5.73. The molecular formula is C18H34CoO2. The fraction of sp³-hybridized carbons (Fsp3) is 0.833. The van der Waals surface area contributed by atoms with Gasteiger partial charge in [0.1, 0.15) is 0 Å². The molecule has 127 valence electrons. The number of aliphatic carboxylic acids is 1. The molecule has 3 heteroatoms. The van der Waals surface area contributed by atoms with Gasteiger partial charge in [-0.15, -0.1) is 0 Å². The van der Waals surface area contributed by atoms with E-state index in [1.807, 2.05) is 0 Å². The van der Waals surface area contributed by atoms with Gasteiger partial charge in [0, 0.05) is 23.2 Å². The molecule has 0 spiro atoms. The first-order valence-corrected chi connectivity index (χ1v) is 8.64. The third-order valence-electron chi connectivity index (χ3n) is 3.65. The molecule has 0 fully saturated rings. The largest absolute Gasteiger partial charge is 0.481 e. The predicted octanol–water partition coefficient (Wildman–Crippen LogP) is 6.11. The molecule has 0 aliphatic heterocycles. The van der Waals surface area contributed by atoms with E-state index in [1.165, 1.54) is 70.6 Å². The van der Waals surface area contributed by atoms with Crippen molar-refractivity contribution in [2.75, 3.05) is 0 Å². The van der Waals surface area contributed by atoms with Gasteiger partial charge in [-0.1, -0.05) is 70.4 Å². The summed E-state index contributed by atoms with van der Waals surface area (Å²) in [5.41, 5.74) is 0. The molecule has 0 bridgehead atoms. The summed E-state index contributed by atoms with van der Waals surface area (Å²) in [6, 6.07) is 0. The summed E-state index contributed by atoms with van der Waals surface area (Å²) in [6.45, 7) is 2.26. The molecule has 0 aliphatic carbocycles. The topological polar surface area (TPSA) is 37.3 Å². The number of hydrogen-bond donors (Lipinski definition) is 1. The molecule has 1 radical (unpaired) electrons. The summed E-state index contributed by atoms with van der Waals surface area (Å²) in [6.07, 6.45) is 21.2. The van der Waals surface area contributed by atoms with Gasteiger partial charge in [-0.25, -0.2) is 0 Å². The van der Waals surface area contributed by atoms with Gasteiger partial charge in [0.15, 0.2) is 0 Å². The van der Waals surface area contributed by atoms with E-state index in [-0.39, 0.29) is 16.8 Å². The van der Waals surface area contributed by atoms with E-state index in [4.69, 9.17) is 5.11 Å². The molecule has 0 saturated carbocycles. The summed E-state index contributed by atoms with van der Waals surface area (Å²) >= 11 is 0. The van der Waals surface area contributed by atoms with Crippen LogP contribution < -0.4 is 0 Å². The summed E-state index contributed by atoms with van der Waals surface area (Å²) < 4.78 is 0. The minimum absolute atomic E-state index is 0. The molecule has 0 aromatic rings. The Morgan fingerprint density at radius 2 is 1.19 bits per heavy atom. The Labute approximate surface area is 142 Å². The van der Waals surface area contributed by atoms with Crippen molar-refractivity contribution in [2.24, 2.45) is 0 Å². The van der Waals surface area contributed by atoms with Crippen molar-refractivity contribution in [3.05, 3.63) is 12.2 Å². The molecule has 0 aliphatic rings. The summed E-state index contributed by atoms with van der Waals surface area (Å²) in [5.74, 6) is -0.664. The van der Waals surface area contributed by atoms with Crippen LogP contribution in [0.5, 0.6) is 0 Å². The average Bonchev–Trinajstić information content (AvgIpc) is 2.43. The van der Waals surface area contributed by atoms with Crippen LogP contribution in [0.1, 0.15) is 96.8 Å². The first-order chi connectivity index (χ1) is 9.77. The van der Waals surface area contributed by atoms with Crippen molar-refractivity contribution < 1.29 is 26.7 Å². The quantitative estimate of drug-likeness (QED) is 0.288. The molecule has 0 saturated heterocycles. The molecule has 1 N–H and O–H groups in total. The van der Waals surface area contributed by atoms with E-state index in [1.54, 1.807) is 0 Å². The summed E-state index contributed by atoms with van der Waals surface area (Å²) in [4.78, 5) is 10.3. The van der Waals surface area contributed by atoms with Gasteiger partial charge in [-0.05, 0) is 32.1 Å². The molecule has 0 amide bonds. The van der Waals surface area contributed by atoms with E-state index >= 15 is 0 Å². The number of rotatable bonds is 15. The standard InChI is InChI=1S/C18H34O2.Co/c1-2-3-4-5-6-7-8-9-10-11-12-13-14-15-16-17-18(19)20;/h9-10H,2-8,11-17H2,1H3,(H,19,20);/b10-9-;. The Morgan fingerprint density at radius 3 is 1.67 bits per heavy atom. The fourth-order valence-electron chi connectivity index (χ4n) is 2.35. The Kier molecular flexibility index (Phi) is 21.6. The van der Waals surface area contributed by atoms with Crippen LogP contribution in [0.3, 0.4) is 0 Å². The minimum atomic E-state index is -0.664. The zero-order valence-corrected chi connectivity index (χ0v) is 14.8. The van der Waals surface area contributed by atoms with Gasteiger partial charge >= 0.3 is 5.97 Å². The second kappa shape index (κ2) is 19.7. The Morgan fingerprint density at radius 1 is 0.762 bits per heavy atom. The molecule has 21 heavy (non-hydrogen) atoms. The second-order valence-corrected chi connectivity index (χ2v) is 5.73. The smallest absolute Gasteiger partial charge is 0.303 e. The normalized spacial score (nSPS) is 10.7. The van der Waals surface area contributed by atoms with Gasteiger partial charge in [-0.2, -0.15) is 0 Å². The monoisotopic (exact) mass is 341 g/mol. The van der Waals surface area contributed by atoms with Crippen LogP contribution in [0.15, 0.2) is 12.2 Å². The number of unbranched alkanes of at least 4 members (excludes halogenated alkanes) is 11. The van der Waals surface area contributed by atoms with E-state index in [9.17, 15) is 4.79 Å². The zero-order valence-electron chi connectivity index (χ0n) is 13.7. The molecule has 0 unspecified atom stereocenters. The molecule has 0 heterocycles. The summed E-state index contributed by atoms with van der Waals surface area (Å²) in [7, 11) is 0. The van der Waals surface area contributed by atoms with E-state index < -0.39 is 5.97 Å². The van der Waals surface area contributed by atoms with Crippen molar-refractivity contribution in [3.8, 4) is 0 Å². The van der Waals surface area contributed by atoms with Gasteiger partial charge in [0.2, 0.25) is 0 Å². The average molecular weight is 341 g/mol. The first-order valence-electron chi connectivity index (χ1n) is 8.64. The van der Waals surface area contributed by atoms with Crippen molar-refractivity contribution >= 4 is 5.97 Å². The van der Waals surface area contributed by atoms with E-state index in [0.29, 0.717) is 6.42 Å². The van der Waals surface area contributed by atoms with Crippen LogP contribution >= 0.6 is 0 Å². The molecular weight excluding hydrogens is 307 g/mol. The van der Waals surface area contributed by atoms with E-state index in [0.717, 1.165) is 12.8 Å². The van der Waals surface area contributed by atoms with Crippen molar-refractivity contribution in [2.45, 2.75) is 96.8 Å². The van der Waals surface area contributed by atoms with Crippen LogP contribution in [0, 0.1) is 0 Å². The third kappa shape index (κ3) is 22.1. The molecule has 0 atom stereocenters. The number of hydrogen-bond acceptors (Lipinski definition) is 1. The fourth-order valence-corrected chi connectivity index (χ4v) is 2.35. The van der Waals surface area contributed by atoms with Gasteiger partial charge in [0.25, 0.3) is 0 Å². The maximum absolute atomic E-state index is 10.3. The molecule has 2 nitrogen and oxygen atoms in total. The number of carboxylic acids is 1. The van der Waals surface area contributed by atoms with Crippen LogP contribution in [-0.2, 0) is 21.6 Å². The maximum atomic E-state index is 10.3.